The number of rotatable bonds is 4. The van der Waals surface area contributed by atoms with Gasteiger partial charge in [0.1, 0.15) is 5.75 Å². The fourth-order valence-electron chi connectivity index (χ4n) is 1.33. The van der Waals surface area contributed by atoms with Gasteiger partial charge in [-0.3, -0.25) is 0 Å². The number of hydrogen-bond donors (Lipinski definition) is 0. The van der Waals surface area contributed by atoms with E-state index >= 15 is 0 Å². The van der Waals surface area contributed by atoms with Crippen LogP contribution in [-0.4, -0.2) is 11.9 Å². The van der Waals surface area contributed by atoms with Crippen LogP contribution in [0.3, 0.4) is 0 Å². The Balaban J connectivity index is 2.97. The van der Waals surface area contributed by atoms with Crippen molar-refractivity contribution in [3.8, 4) is 5.75 Å². The summed E-state index contributed by atoms with van der Waals surface area (Å²) in [7, 11) is 0. The molecule has 0 aliphatic heterocycles. The van der Waals surface area contributed by atoms with Crippen molar-refractivity contribution in [3.63, 3.8) is 0 Å². The quantitative estimate of drug-likeness (QED) is 0.756. The number of alkyl halides is 1. The molecule has 0 saturated heterocycles. The molecule has 1 aromatic rings. The van der Waals surface area contributed by atoms with Crippen molar-refractivity contribution in [3.05, 3.63) is 28.3 Å². The Kier molecular flexibility index (Phi) is 4.76. The van der Waals surface area contributed by atoms with E-state index in [-0.39, 0.29) is 0 Å². The van der Waals surface area contributed by atoms with Gasteiger partial charge in [0.15, 0.2) is 0 Å². The molecule has 0 amide bonds. The van der Waals surface area contributed by atoms with Crippen molar-refractivity contribution < 1.29 is 4.74 Å². The van der Waals surface area contributed by atoms with Gasteiger partial charge in [0, 0.05) is 5.33 Å². The number of halogens is 2. The van der Waals surface area contributed by atoms with Crippen LogP contribution in [0, 0.1) is 6.92 Å². The molecule has 1 rings (SSSR count). The normalized spacial score (nSPS) is 10.3. The minimum atomic E-state index is 0.650. The fourth-order valence-corrected chi connectivity index (χ4v) is 2.00. The van der Waals surface area contributed by atoms with Crippen molar-refractivity contribution >= 4 is 27.5 Å². The summed E-state index contributed by atoms with van der Waals surface area (Å²) in [6, 6.07) is 3.99. The van der Waals surface area contributed by atoms with Crippen molar-refractivity contribution in [2.24, 2.45) is 0 Å². The van der Waals surface area contributed by atoms with Crippen LogP contribution in [0.4, 0.5) is 0 Å². The number of hydrogen-bond acceptors (Lipinski definition) is 1. The molecule has 14 heavy (non-hydrogen) atoms. The van der Waals surface area contributed by atoms with Crippen LogP contribution in [-0.2, 0) is 6.42 Å². The van der Waals surface area contributed by atoms with E-state index in [2.05, 4.69) is 22.9 Å². The van der Waals surface area contributed by atoms with Gasteiger partial charge in [0.05, 0.1) is 11.6 Å². The molecule has 0 fully saturated rings. The Bertz CT molecular complexity index is 281. The number of benzene rings is 1. The lowest BCUT2D eigenvalue weighted by atomic mass is 10.1. The smallest absolute Gasteiger partial charge is 0.138 e. The second kappa shape index (κ2) is 5.62. The highest BCUT2D eigenvalue weighted by molar-refractivity contribution is 9.09. The summed E-state index contributed by atoms with van der Waals surface area (Å²) in [5, 5.41) is 1.66. The molecule has 0 aromatic heterocycles. The third-order valence-electron chi connectivity index (χ3n) is 2.05. The second-order valence-electron chi connectivity index (χ2n) is 3.08. The summed E-state index contributed by atoms with van der Waals surface area (Å²) in [5.74, 6) is 0.782. The van der Waals surface area contributed by atoms with E-state index in [9.17, 15) is 0 Å². The SMILES string of the molecule is CCOc1cc(C)c(CCBr)cc1Cl. The molecule has 0 N–H and O–H groups in total. The van der Waals surface area contributed by atoms with Crippen LogP contribution in [0.15, 0.2) is 12.1 Å². The van der Waals surface area contributed by atoms with Gasteiger partial charge < -0.3 is 4.74 Å². The molecule has 0 saturated carbocycles. The lowest BCUT2D eigenvalue weighted by Gasteiger charge is -2.10. The van der Waals surface area contributed by atoms with Crippen LogP contribution in [0.2, 0.25) is 5.02 Å². The standard InChI is InChI=1S/C11H14BrClO/c1-3-14-11-6-8(2)9(4-5-12)7-10(11)13/h6-7H,3-5H2,1-2H3. The maximum atomic E-state index is 6.08. The van der Waals surface area contributed by atoms with Gasteiger partial charge in [-0.1, -0.05) is 27.5 Å². The molecule has 1 aromatic carbocycles. The molecule has 3 heteroatoms. The number of aryl methyl sites for hydroxylation is 2. The van der Waals surface area contributed by atoms with Gasteiger partial charge in [-0.15, -0.1) is 0 Å². The first-order valence-electron chi connectivity index (χ1n) is 4.66. The average Bonchev–Trinajstić information content (AvgIpc) is 2.14. The summed E-state index contributed by atoms with van der Waals surface area (Å²) in [6.07, 6.45) is 0.998. The van der Waals surface area contributed by atoms with E-state index in [0.717, 1.165) is 17.5 Å². The molecule has 0 radical (unpaired) electrons. The second-order valence-corrected chi connectivity index (χ2v) is 4.28. The maximum Gasteiger partial charge on any atom is 0.138 e. The highest BCUT2D eigenvalue weighted by atomic mass is 79.9. The molecule has 78 valence electrons. The minimum absolute atomic E-state index is 0.650. The van der Waals surface area contributed by atoms with Crippen LogP contribution >= 0.6 is 27.5 Å². The van der Waals surface area contributed by atoms with Gasteiger partial charge in [0.2, 0.25) is 0 Å². The van der Waals surface area contributed by atoms with E-state index in [0.29, 0.717) is 11.6 Å². The zero-order valence-electron chi connectivity index (χ0n) is 8.44. The Hall–Kier alpha value is -0.210. The lowest BCUT2D eigenvalue weighted by Crippen LogP contribution is -1.96. The predicted molar refractivity (Wildman–Crippen MR) is 64.9 cm³/mol. The molecule has 0 aliphatic carbocycles. The Labute approximate surface area is 98.5 Å². The van der Waals surface area contributed by atoms with Crippen LogP contribution < -0.4 is 4.74 Å². The number of ether oxygens (including phenoxy) is 1. The molecule has 1 nitrogen and oxygen atoms in total. The van der Waals surface area contributed by atoms with Gasteiger partial charge in [0.25, 0.3) is 0 Å². The van der Waals surface area contributed by atoms with Gasteiger partial charge in [-0.05, 0) is 43.5 Å². The first kappa shape index (κ1) is 11.9. The highest BCUT2D eigenvalue weighted by Crippen LogP contribution is 2.28. The monoisotopic (exact) mass is 276 g/mol. The molecule has 0 aliphatic rings. The summed E-state index contributed by atoms with van der Waals surface area (Å²) < 4.78 is 5.41. The Morgan fingerprint density at radius 1 is 1.43 bits per heavy atom. The van der Waals surface area contributed by atoms with Crippen molar-refractivity contribution in [1.29, 1.82) is 0 Å². The minimum Gasteiger partial charge on any atom is -0.492 e. The van der Waals surface area contributed by atoms with Crippen LogP contribution in [0.1, 0.15) is 18.1 Å². The summed E-state index contributed by atoms with van der Waals surface area (Å²) in [5.41, 5.74) is 2.51. The Morgan fingerprint density at radius 3 is 2.71 bits per heavy atom. The first-order chi connectivity index (χ1) is 6.69. The van der Waals surface area contributed by atoms with Crippen LogP contribution in [0.25, 0.3) is 0 Å². The van der Waals surface area contributed by atoms with Gasteiger partial charge in [-0.25, -0.2) is 0 Å². The Morgan fingerprint density at radius 2 is 2.14 bits per heavy atom. The molecule has 0 unspecified atom stereocenters. The largest absolute Gasteiger partial charge is 0.492 e. The molecule has 0 bridgehead atoms. The summed E-state index contributed by atoms with van der Waals surface area (Å²) >= 11 is 9.50. The molecular weight excluding hydrogens is 263 g/mol. The molecular formula is C11H14BrClO. The van der Waals surface area contributed by atoms with Crippen molar-refractivity contribution in [2.45, 2.75) is 20.3 Å². The van der Waals surface area contributed by atoms with E-state index in [1.165, 1.54) is 11.1 Å². The van der Waals surface area contributed by atoms with E-state index < -0.39 is 0 Å². The summed E-state index contributed by atoms with van der Waals surface area (Å²) in [6.45, 7) is 4.69. The van der Waals surface area contributed by atoms with Gasteiger partial charge in [-0.2, -0.15) is 0 Å². The molecule has 0 spiro atoms. The highest BCUT2D eigenvalue weighted by Gasteiger charge is 2.05. The zero-order valence-corrected chi connectivity index (χ0v) is 10.8. The zero-order chi connectivity index (χ0) is 10.6. The van der Waals surface area contributed by atoms with Gasteiger partial charge >= 0.3 is 0 Å². The topological polar surface area (TPSA) is 9.23 Å². The van der Waals surface area contributed by atoms with Crippen molar-refractivity contribution in [2.75, 3.05) is 11.9 Å². The molecule has 0 atom stereocenters. The average molecular weight is 278 g/mol. The third-order valence-corrected chi connectivity index (χ3v) is 2.75. The predicted octanol–water partition coefficient (Wildman–Crippen LogP) is 3.98. The molecule has 0 heterocycles. The van der Waals surface area contributed by atoms with E-state index in [1.54, 1.807) is 0 Å². The fraction of sp³-hybridized carbons (Fsp3) is 0.455. The van der Waals surface area contributed by atoms with Crippen molar-refractivity contribution in [1.82, 2.24) is 0 Å². The summed E-state index contributed by atoms with van der Waals surface area (Å²) in [4.78, 5) is 0. The maximum absolute atomic E-state index is 6.08. The van der Waals surface area contributed by atoms with E-state index in [1.807, 2.05) is 19.1 Å². The third kappa shape index (κ3) is 2.89. The van der Waals surface area contributed by atoms with Crippen LogP contribution in [0.5, 0.6) is 5.75 Å². The lowest BCUT2D eigenvalue weighted by molar-refractivity contribution is 0.340. The first-order valence-corrected chi connectivity index (χ1v) is 6.16. The van der Waals surface area contributed by atoms with E-state index in [4.69, 9.17) is 16.3 Å².